The summed E-state index contributed by atoms with van der Waals surface area (Å²) in [6.45, 7) is 2.64. The molecule has 0 aliphatic heterocycles. The van der Waals surface area contributed by atoms with Crippen LogP contribution in [-0.4, -0.2) is 17.3 Å². The molecule has 8 heteroatoms. The highest BCUT2D eigenvalue weighted by molar-refractivity contribution is 5.72. The number of nitrogens with zero attached hydrogens (tertiary/aromatic N) is 1. The van der Waals surface area contributed by atoms with Gasteiger partial charge >= 0.3 is 18.0 Å². The van der Waals surface area contributed by atoms with Crippen LogP contribution in [-0.2, 0) is 5.67 Å². The van der Waals surface area contributed by atoms with E-state index < -0.39 is 29.1 Å². The van der Waals surface area contributed by atoms with E-state index in [1.165, 1.54) is 44.4 Å². The Morgan fingerprint density at radius 2 is 1.29 bits per heavy atom. The summed E-state index contributed by atoms with van der Waals surface area (Å²) in [6.07, 6.45) is -9.90. The molecule has 0 saturated heterocycles. The van der Waals surface area contributed by atoms with E-state index in [1.807, 2.05) is 0 Å². The Kier molecular flexibility index (Phi) is 4.37. The quantitative estimate of drug-likeness (QED) is 0.637. The van der Waals surface area contributed by atoms with E-state index in [4.69, 9.17) is 0 Å². The van der Waals surface area contributed by atoms with E-state index in [2.05, 4.69) is 4.98 Å². The minimum Gasteiger partial charge on any atom is -0.265 e. The van der Waals surface area contributed by atoms with Crippen molar-refractivity contribution in [1.82, 2.24) is 4.98 Å². The molecule has 0 saturated carbocycles. The maximum Gasteiger partial charge on any atom is 0.435 e. The lowest BCUT2D eigenvalue weighted by atomic mass is 9.84. The lowest BCUT2D eigenvalue weighted by molar-refractivity contribution is -0.348. The van der Waals surface area contributed by atoms with Crippen LogP contribution in [0.25, 0.3) is 11.1 Å². The molecule has 0 fully saturated rings. The first-order valence-corrected chi connectivity index (χ1v) is 6.74. The van der Waals surface area contributed by atoms with E-state index in [1.54, 1.807) is 0 Å². The zero-order chi connectivity index (χ0) is 18.3. The van der Waals surface area contributed by atoms with Crippen LogP contribution in [0.2, 0.25) is 0 Å². The summed E-state index contributed by atoms with van der Waals surface area (Å²) in [4.78, 5) is 3.67. The summed E-state index contributed by atoms with van der Waals surface area (Å²) in [7, 11) is 0. The molecule has 1 aromatic carbocycles. The molecule has 1 aromatic heterocycles. The smallest absolute Gasteiger partial charge is 0.265 e. The molecule has 0 bridgehead atoms. The number of halogens is 7. The molecule has 0 aliphatic rings. The van der Waals surface area contributed by atoms with Gasteiger partial charge in [-0.2, -0.15) is 26.3 Å². The van der Waals surface area contributed by atoms with E-state index in [9.17, 15) is 30.7 Å². The summed E-state index contributed by atoms with van der Waals surface area (Å²) in [5.41, 5.74) is -7.17. The average molecular weight is 351 g/mol. The summed E-state index contributed by atoms with van der Waals surface area (Å²) in [6, 6.07) is 4.44. The van der Waals surface area contributed by atoms with E-state index >= 15 is 0 Å². The Morgan fingerprint density at radius 1 is 0.792 bits per heavy atom. The van der Waals surface area contributed by atoms with Crippen molar-refractivity contribution in [3.63, 3.8) is 0 Å². The Labute approximate surface area is 133 Å². The average Bonchev–Trinajstić information content (AvgIpc) is 2.44. The second kappa shape index (κ2) is 5.75. The molecule has 0 spiro atoms. The van der Waals surface area contributed by atoms with Gasteiger partial charge in [0.2, 0.25) is 0 Å². The van der Waals surface area contributed by atoms with Crippen molar-refractivity contribution >= 4 is 0 Å². The first-order valence-electron chi connectivity index (χ1n) is 6.74. The number of hydrogen-bond acceptors (Lipinski definition) is 1. The Morgan fingerprint density at radius 3 is 1.75 bits per heavy atom. The summed E-state index contributed by atoms with van der Waals surface area (Å²) < 4.78 is 93.4. The zero-order valence-electron chi connectivity index (χ0n) is 12.6. The van der Waals surface area contributed by atoms with Crippen LogP contribution in [0.1, 0.15) is 16.7 Å². The number of aryl methyl sites for hydroxylation is 2. The molecule has 1 heterocycles. The van der Waals surface area contributed by atoms with Crippen LogP contribution < -0.4 is 0 Å². The fourth-order valence-corrected chi connectivity index (χ4v) is 2.61. The molecule has 2 aromatic rings. The number of rotatable bonds is 2. The highest BCUT2D eigenvalue weighted by Crippen LogP contribution is 2.55. The summed E-state index contributed by atoms with van der Waals surface area (Å²) in [5.74, 6) is 0. The first kappa shape index (κ1) is 18.2. The monoisotopic (exact) mass is 351 g/mol. The SMILES string of the molecule is Cc1cc(C)c(-c2ccncc2)c(C(F)(C(F)(F)F)C(F)(F)F)c1. The van der Waals surface area contributed by atoms with Crippen molar-refractivity contribution in [1.29, 1.82) is 0 Å². The van der Waals surface area contributed by atoms with E-state index in [-0.39, 0.29) is 16.7 Å². The van der Waals surface area contributed by atoms with Crippen molar-refractivity contribution in [2.75, 3.05) is 0 Å². The number of alkyl halides is 7. The molecular weight excluding hydrogens is 339 g/mol. The van der Waals surface area contributed by atoms with Gasteiger partial charge in [0.15, 0.2) is 0 Å². The first-order chi connectivity index (χ1) is 10.9. The van der Waals surface area contributed by atoms with Gasteiger partial charge in [-0.1, -0.05) is 17.7 Å². The van der Waals surface area contributed by atoms with Crippen LogP contribution in [0, 0.1) is 13.8 Å². The Hall–Kier alpha value is -2.12. The maximum absolute atomic E-state index is 14.6. The third kappa shape index (κ3) is 2.85. The second-order valence-corrected chi connectivity index (χ2v) is 5.39. The van der Waals surface area contributed by atoms with E-state index in [0.717, 1.165) is 0 Å². The van der Waals surface area contributed by atoms with Crippen molar-refractivity contribution in [3.8, 4) is 11.1 Å². The van der Waals surface area contributed by atoms with Crippen LogP contribution >= 0.6 is 0 Å². The van der Waals surface area contributed by atoms with Crippen LogP contribution in [0.15, 0.2) is 36.7 Å². The summed E-state index contributed by atoms with van der Waals surface area (Å²) in [5, 5.41) is 0. The van der Waals surface area contributed by atoms with Gasteiger partial charge in [-0.3, -0.25) is 4.98 Å². The predicted molar refractivity (Wildman–Crippen MR) is 74.0 cm³/mol. The molecule has 2 rings (SSSR count). The van der Waals surface area contributed by atoms with Crippen LogP contribution in [0.5, 0.6) is 0 Å². The molecule has 0 radical (unpaired) electrons. The lowest BCUT2D eigenvalue weighted by Gasteiger charge is -2.32. The van der Waals surface area contributed by atoms with Crippen LogP contribution in [0.3, 0.4) is 0 Å². The van der Waals surface area contributed by atoms with E-state index in [0.29, 0.717) is 6.07 Å². The minimum absolute atomic E-state index is 0.0213. The molecule has 0 atom stereocenters. The van der Waals surface area contributed by atoms with Gasteiger partial charge in [-0.25, -0.2) is 4.39 Å². The number of pyridine rings is 1. The summed E-state index contributed by atoms with van der Waals surface area (Å²) >= 11 is 0. The normalized spacial score (nSPS) is 13.2. The zero-order valence-corrected chi connectivity index (χ0v) is 12.6. The third-order valence-electron chi connectivity index (χ3n) is 3.60. The predicted octanol–water partition coefficient (Wildman–Crippen LogP) is 5.65. The fraction of sp³-hybridized carbons (Fsp3) is 0.312. The lowest BCUT2D eigenvalue weighted by Crippen LogP contribution is -2.50. The van der Waals surface area contributed by atoms with Crippen molar-refractivity contribution in [2.24, 2.45) is 0 Å². The number of benzene rings is 1. The fourth-order valence-electron chi connectivity index (χ4n) is 2.61. The van der Waals surface area contributed by atoms with Crippen LogP contribution in [0.4, 0.5) is 30.7 Å². The molecule has 0 N–H and O–H groups in total. The highest BCUT2D eigenvalue weighted by Gasteiger charge is 2.74. The van der Waals surface area contributed by atoms with Crippen molar-refractivity contribution < 1.29 is 30.7 Å². The van der Waals surface area contributed by atoms with Gasteiger partial charge in [0.25, 0.3) is 0 Å². The minimum atomic E-state index is -6.16. The molecule has 1 nitrogen and oxygen atoms in total. The molecule has 130 valence electrons. The second-order valence-electron chi connectivity index (χ2n) is 5.39. The largest absolute Gasteiger partial charge is 0.435 e. The maximum atomic E-state index is 14.6. The van der Waals surface area contributed by atoms with Crippen molar-refractivity contribution in [3.05, 3.63) is 53.3 Å². The number of aromatic nitrogens is 1. The molecule has 0 unspecified atom stereocenters. The van der Waals surface area contributed by atoms with Crippen molar-refractivity contribution in [2.45, 2.75) is 31.9 Å². The van der Waals surface area contributed by atoms with Gasteiger partial charge in [-0.05, 0) is 42.7 Å². The van der Waals surface area contributed by atoms with Gasteiger partial charge in [0, 0.05) is 18.0 Å². The van der Waals surface area contributed by atoms with Gasteiger partial charge in [-0.15, -0.1) is 0 Å². The molecule has 0 aliphatic carbocycles. The Balaban J connectivity index is 2.92. The molecule has 24 heavy (non-hydrogen) atoms. The van der Waals surface area contributed by atoms with Gasteiger partial charge < -0.3 is 0 Å². The van der Waals surface area contributed by atoms with Gasteiger partial charge in [0.1, 0.15) is 0 Å². The molecular formula is C16H12F7N. The third-order valence-corrected chi connectivity index (χ3v) is 3.60. The Bertz CT molecular complexity index is 719. The topological polar surface area (TPSA) is 12.9 Å². The molecule has 0 amide bonds. The number of hydrogen-bond donors (Lipinski definition) is 0. The van der Waals surface area contributed by atoms with Gasteiger partial charge in [0.05, 0.1) is 0 Å². The standard InChI is InChI=1S/C16H12F7N/c1-9-7-10(2)13(11-3-5-24-6-4-11)12(8-9)14(17,15(18,19)20)16(21,22)23/h3-8H,1-2H3. The highest BCUT2D eigenvalue weighted by atomic mass is 19.4.